The van der Waals surface area contributed by atoms with Crippen LogP contribution in [0.1, 0.15) is 29.3 Å². The van der Waals surface area contributed by atoms with Crippen molar-refractivity contribution in [3.05, 3.63) is 82.9 Å². The van der Waals surface area contributed by atoms with Crippen molar-refractivity contribution in [1.29, 1.82) is 0 Å². The molecule has 6 heteroatoms. The van der Waals surface area contributed by atoms with Gasteiger partial charge in [-0.1, -0.05) is 54.1 Å². The van der Waals surface area contributed by atoms with Crippen LogP contribution in [0, 0.1) is 0 Å². The second-order valence-corrected chi connectivity index (χ2v) is 6.87. The van der Waals surface area contributed by atoms with E-state index < -0.39 is 0 Å². The first-order chi connectivity index (χ1) is 13.5. The Kier molecular flexibility index (Phi) is 6.40. The molecule has 0 aromatic heterocycles. The summed E-state index contributed by atoms with van der Waals surface area (Å²) in [5, 5.41) is 9.54. The standard InChI is InChI=1S/C22H20ClN3O2/c1-15(12-21(27)24-14-16-6-10-20(23)11-7-16)25-26-22(28)19-9-8-17-4-2-3-5-18(17)13-19/h2-11,13H,12,14H2,1H3,(H,24,27)(H,26,28)/b25-15+. The molecule has 0 unspecified atom stereocenters. The fraction of sp³-hybridized carbons (Fsp3) is 0.136. The van der Waals surface area contributed by atoms with Gasteiger partial charge in [0.1, 0.15) is 0 Å². The topological polar surface area (TPSA) is 70.6 Å². The molecule has 0 radical (unpaired) electrons. The first-order valence-electron chi connectivity index (χ1n) is 8.85. The number of nitrogens with one attached hydrogen (secondary N) is 2. The van der Waals surface area contributed by atoms with E-state index in [1.807, 2.05) is 48.5 Å². The third-order valence-electron chi connectivity index (χ3n) is 4.18. The lowest BCUT2D eigenvalue weighted by Crippen LogP contribution is -2.26. The van der Waals surface area contributed by atoms with Crippen molar-refractivity contribution < 1.29 is 9.59 Å². The fourth-order valence-corrected chi connectivity index (χ4v) is 2.80. The van der Waals surface area contributed by atoms with E-state index in [4.69, 9.17) is 11.6 Å². The Labute approximate surface area is 168 Å². The zero-order valence-electron chi connectivity index (χ0n) is 15.4. The lowest BCUT2D eigenvalue weighted by atomic mass is 10.1. The van der Waals surface area contributed by atoms with Crippen molar-refractivity contribution >= 4 is 39.9 Å². The number of hydrazone groups is 1. The number of hydrogen-bond donors (Lipinski definition) is 2. The summed E-state index contributed by atoms with van der Waals surface area (Å²) in [6.45, 7) is 2.11. The highest BCUT2D eigenvalue weighted by Crippen LogP contribution is 2.15. The highest BCUT2D eigenvalue weighted by molar-refractivity contribution is 6.30. The van der Waals surface area contributed by atoms with Gasteiger partial charge in [-0.15, -0.1) is 0 Å². The summed E-state index contributed by atoms with van der Waals surface area (Å²) in [5.41, 5.74) is 4.49. The first-order valence-corrected chi connectivity index (χ1v) is 9.22. The number of halogens is 1. The number of rotatable bonds is 6. The van der Waals surface area contributed by atoms with Gasteiger partial charge in [0.2, 0.25) is 5.91 Å². The van der Waals surface area contributed by atoms with Crippen molar-refractivity contribution in [1.82, 2.24) is 10.7 Å². The van der Waals surface area contributed by atoms with E-state index in [0.29, 0.717) is 22.8 Å². The smallest absolute Gasteiger partial charge is 0.271 e. The van der Waals surface area contributed by atoms with Gasteiger partial charge in [0.15, 0.2) is 0 Å². The lowest BCUT2D eigenvalue weighted by Gasteiger charge is -2.06. The molecule has 28 heavy (non-hydrogen) atoms. The molecular weight excluding hydrogens is 374 g/mol. The van der Waals surface area contributed by atoms with Gasteiger partial charge in [-0.2, -0.15) is 5.10 Å². The van der Waals surface area contributed by atoms with Crippen LogP contribution in [0.2, 0.25) is 5.02 Å². The average Bonchev–Trinajstić information content (AvgIpc) is 2.71. The number of carbonyl (C=O) groups is 2. The molecule has 2 amide bonds. The molecule has 0 aliphatic carbocycles. The third-order valence-corrected chi connectivity index (χ3v) is 4.43. The van der Waals surface area contributed by atoms with Crippen LogP contribution in [0.3, 0.4) is 0 Å². The minimum Gasteiger partial charge on any atom is -0.352 e. The minimum atomic E-state index is -0.313. The molecule has 2 N–H and O–H groups in total. The SMILES string of the molecule is C/C(CC(=O)NCc1ccc(Cl)cc1)=N\NC(=O)c1ccc2ccccc2c1. The van der Waals surface area contributed by atoms with Crippen molar-refractivity contribution in [3.8, 4) is 0 Å². The normalized spacial score (nSPS) is 11.3. The monoisotopic (exact) mass is 393 g/mol. The molecule has 0 saturated carbocycles. The summed E-state index contributed by atoms with van der Waals surface area (Å²) < 4.78 is 0. The van der Waals surface area contributed by atoms with E-state index in [-0.39, 0.29) is 18.2 Å². The quantitative estimate of drug-likeness (QED) is 0.484. The number of benzene rings is 3. The van der Waals surface area contributed by atoms with Crippen LogP contribution in [0.4, 0.5) is 0 Å². The fourth-order valence-electron chi connectivity index (χ4n) is 2.68. The van der Waals surface area contributed by atoms with Crippen molar-refractivity contribution in [2.75, 3.05) is 0 Å². The molecule has 0 fully saturated rings. The molecule has 3 rings (SSSR count). The molecule has 0 heterocycles. The molecule has 0 saturated heterocycles. The maximum absolute atomic E-state index is 12.3. The van der Waals surface area contributed by atoms with E-state index in [1.165, 1.54) is 0 Å². The second-order valence-electron chi connectivity index (χ2n) is 6.43. The number of amides is 2. The van der Waals surface area contributed by atoms with Gasteiger partial charge in [0.05, 0.1) is 6.42 Å². The predicted octanol–water partition coefficient (Wildman–Crippen LogP) is 4.31. The van der Waals surface area contributed by atoms with Gasteiger partial charge < -0.3 is 5.32 Å². The van der Waals surface area contributed by atoms with Crippen LogP contribution < -0.4 is 10.7 Å². The molecule has 142 valence electrons. The van der Waals surface area contributed by atoms with Crippen LogP contribution in [0.15, 0.2) is 71.8 Å². The number of carbonyl (C=O) groups excluding carboxylic acids is 2. The summed E-state index contributed by atoms with van der Waals surface area (Å²) in [5.74, 6) is -0.483. The molecule has 0 spiro atoms. The van der Waals surface area contributed by atoms with E-state index in [2.05, 4.69) is 15.8 Å². The molecule has 0 aliphatic heterocycles. The molecule has 5 nitrogen and oxygen atoms in total. The Morgan fingerprint density at radius 3 is 2.43 bits per heavy atom. The Bertz CT molecular complexity index is 1030. The zero-order chi connectivity index (χ0) is 19.9. The van der Waals surface area contributed by atoms with Gasteiger partial charge in [-0.25, -0.2) is 5.43 Å². The zero-order valence-corrected chi connectivity index (χ0v) is 16.2. The van der Waals surface area contributed by atoms with E-state index in [1.54, 1.807) is 25.1 Å². The highest BCUT2D eigenvalue weighted by atomic mass is 35.5. The maximum Gasteiger partial charge on any atom is 0.271 e. The average molecular weight is 394 g/mol. The Morgan fingerprint density at radius 2 is 1.68 bits per heavy atom. The largest absolute Gasteiger partial charge is 0.352 e. The number of hydrogen-bond acceptors (Lipinski definition) is 3. The van der Waals surface area contributed by atoms with Gasteiger partial charge in [-0.3, -0.25) is 9.59 Å². The van der Waals surface area contributed by atoms with Crippen LogP contribution >= 0.6 is 11.6 Å². The molecule has 3 aromatic rings. The van der Waals surface area contributed by atoms with E-state index in [9.17, 15) is 9.59 Å². The molecule has 0 bridgehead atoms. The van der Waals surface area contributed by atoms with Gasteiger partial charge in [-0.05, 0) is 47.5 Å². The molecular formula is C22H20ClN3O2. The van der Waals surface area contributed by atoms with Crippen LogP contribution in [0.25, 0.3) is 10.8 Å². The number of fused-ring (bicyclic) bond motifs is 1. The minimum absolute atomic E-state index is 0.103. The molecule has 3 aromatic carbocycles. The Balaban J connectivity index is 1.51. The van der Waals surface area contributed by atoms with Crippen molar-refractivity contribution in [2.45, 2.75) is 19.9 Å². The van der Waals surface area contributed by atoms with Crippen molar-refractivity contribution in [3.63, 3.8) is 0 Å². The highest BCUT2D eigenvalue weighted by Gasteiger charge is 2.07. The summed E-state index contributed by atoms with van der Waals surface area (Å²) in [6.07, 6.45) is 0.103. The van der Waals surface area contributed by atoms with E-state index in [0.717, 1.165) is 16.3 Å². The van der Waals surface area contributed by atoms with Gasteiger partial charge >= 0.3 is 0 Å². The third kappa shape index (κ3) is 5.41. The van der Waals surface area contributed by atoms with Gasteiger partial charge in [0, 0.05) is 22.8 Å². The summed E-state index contributed by atoms with van der Waals surface area (Å²) in [6, 6.07) is 20.5. The van der Waals surface area contributed by atoms with Crippen molar-refractivity contribution in [2.24, 2.45) is 5.10 Å². The Morgan fingerprint density at radius 1 is 0.964 bits per heavy atom. The van der Waals surface area contributed by atoms with Crippen LogP contribution in [0.5, 0.6) is 0 Å². The molecule has 0 aliphatic rings. The number of nitrogens with zero attached hydrogens (tertiary/aromatic N) is 1. The lowest BCUT2D eigenvalue weighted by molar-refractivity contribution is -0.120. The second kappa shape index (κ2) is 9.15. The van der Waals surface area contributed by atoms with Gasteiger partial charge in [0.25, 0.3) is 5.91 Å². The summed E-state index contributed by atoms with van der Waals surface area (Å²) >= 11 is 5.84. The predicted molar refractivity (Wildman–Crippen MR) is 112 cm³/mol. The molecule has 0 atom stereocenters. The Hall–Kier alpha value is -3.18. The first kappa shape index (κ1) is 19.6. The van der Waals surface area contributed by atoms with Crippen LogP contribution in [-0.2, 0) is 11.3 Å². The summed E-state index contributed by atoms with van der Waals surface area (Å²) in [4.78, 5) is 24.3. The van der Waals surface area contributed by atoms with Crippen LogP contribution in [-0.4, -0.2) is 17.5 Å². The summed E-state index contributed by atoms with van der Waals surface area (Å²) in [7, 11) is 0. The van der Waals surface area contributed by atoms with E-state index >= 15 is 0 Å². The maximum atomic E-state index is 12.3.